The zero-order chi connectivity index (χ0) is 16.9. The highest BCUT2D eigenvalue weighted by molar-refractivity contribution is 8.14. The van der Waals surface area contributed by atoms with Crippen molar-refractivity contribution in [3.8, 4) is 5.75 Å². The maximum absolute atomic E-state index is 13.0. The second-order valence-electron chi connectivity index (χ2n) is 6.14. The molecule has 2 atom stereocenters. The summed E-state index contributed by atoms with van der Waals surface area (Å²) in [7, 11) is 0. The molecule has 4 nitrogen and oxygen atoms in total. The molecule has 0 bridgehead atoms. The van der Waals surface area contributed by atoms with Crippen molar-refractivity contribution < 1.29 is 9.53 Å². The van der Waals surface area contributed by atoms with Gasteiger partial charge in [0.1, 0.15) is 11.4 Å². The zero-order valence-electron chi connectivity index (χ0n) is 14.3. The van der Waals surface area contributed by atoms with Crippen LogP contribution in [-0.2, 0) is 4.79 Å². The van der Waals surface area contributed by atoms with Gasteiger partial charge in [-0.05, 0) is 45.2 Å². The number of amidine groups is 1. The normalized spacial score (nSPS) is 25.2. The molecule has 2 aliphatic rings. The van der Waals surface area contributed by atoms with Gasteiger partial charge >= 0.3 is 0 Å². The van der Waals surface area contributed by atoms with Crippen molar-refractivity contribution in [3.63, 3.8) is 0 Å². The van der Waals surface area contributed by atoms with Crippen LogP contribution in [0.2, 0.25) is 0 Å². The summed E-state index contributed by atoms with van der Waals surface area (Å²) >= 11 is 1.65. The number of benzene rings is 1. The number of rotatable bonds is 4. The molecule has 0 aromatic heterocycles. The number of hydrogen-bond acceptors (Lipinski definition) is 4. The Bertz CT molecular complexity index is 657. The second-order valence-corrected chi connectivity index (χ2v) is 7.13. The van der Waals surface area contributed by atoms with Crippen molar-refractivity contribution in [3.05, 3.63) is 36.4 Å². The van der Waals surface area contributed by atoms with Gasteiger partial charge in [0.15, 0.2) is 5.17 Å². The summed E-state index contributed by atoms with van der Waals surface area (Å²) in [5.74, 6) is 1.96. The molecule has 0 saturated carbocycles. The van der Waals surface area contributed by atoms with Crippen molar-refractivity contribution >= 4 is 28.5 Å². The molecule has 24 heavy (non-hydrogen) atoms. The topological polar surface area (TPSA) is 41.9 Å². The minimum atomic E-state index is 0.0866. The number of hydrogen-bond donors (Lipinski definition) is 0. The van der Waals surface area contributed by atoms with Crippen LogP contribution in [0, 0.1) is 5.92 Å². The third kappa shape index (κ3) is 3.66. The van der Waals surface area contributed by atoms with E-state index in [1.165, 1.54) is 0 Å². The number of para-hydroxylation sites is 2. The lowest BCUT2D eigenvalue weighted by Crippen LogP contribution is -2.41. The largest absolute Gasteiger partial charge is 0.492 e. The molecule has 1 aromatic rings. The van der Waals surface area contributed by atoms with Crippen LogP contribution < -0.4 is 4.74 Å². The van der Waals surface area contributed by atoms with Crippen molar-refractivity contribution in [1.82, 2.24) is 4.90 Å². The van der Waals surface area contributed by atoms with E-state index in [0.29, 0.717) is 6.61 Å². The van der Waals surface area contributed by atoms with Crippen molar-refractivity contribution in [2.75, 3.05) is 12.4 Å². The smallest absolute Gasteiger partial charge is 0.232 e. The molecule has 1 fully saturated rings. The van der Waals surface area contributed by atoms with E-state index in [1.807, 2.05) is 36.1 Å². The minimum Gasteiger partial charge on any atom is -0.492 e. The number of thioether (sulfide) groups is 1. The Balaban J connectivity index is 1.86. The van der Waals surface area contributed by atoms with Crippen molar-refractivity contribution in [2.45, 2.75) is 39.2 Å². The highest BCUT2D eigenvalue weighted by Gasteiger charge is 2.36. The van der Waals surface area contributed by atoms with E-state index in [4.69, 9.17) is 9.73 Å². The molecule has 1 heterocycles. The number of carbonyl (C=O) groups excluding carboxylic acids is 1. The van der Waals surface area contributed by atoms with Crippen LogP contribution in [0.1, 0.15) is 33.1 Å². The Morgan fingerprint density at radius 2 is 2.21 bits per heavy atom. The fourth-order valence-corrected chi connectivity index (χ4v) is 4.18. The van der Waals surface area contributed by atoms with Gasteiger partial charge < -0.3 is 4.74 Å². The van der Waals surface area contributed by atoms with E-state index < -0.39 is 0 Å². The number of aliphatic imine (C=N–C) groups is 1. The molecule has 0 spiro atoms. The van der Waals surface area contributed by atoms with Crippen LogP contribution in [0.5, 0.6) is 5.75 Å². The molecular formula is C19H24N2O2S. The average Bonchev–Trinajstić information content (AvgIpc) is 2.97. The minimum absolute atomic E-state index is 0.0866. The van der Waals surface area contributed by atoms with Gasteiger partial charge in [0.05, 0.1) is 6.61 Å². The first kappa shape index (κ1) is 17.1. The van der Waals surface area contributed by atoms with E-state index in [-0.39, 0.29) is 17.9 Å². The van der Waals surface area contributed by atoms with Gasteiger partial charge in [0, 0.05) is 17.7 Å². The predicted octanol–water partition coefficient (Wildman–Crippen LogP) is 4.39. The molecule has 1 aliphatic carbocycles. The Hall–Kier alpha value is -1.75. The molecule has 1 saturated heterocycles. The number of carbonyl (C=O) groups is 1. The molecule has 5 heteroatoms. The number of nitrogens with zero attached hydrogens (tertiary/aromatic N) is 2. The third-order valence-corrected chi connectivity index (χ3v) is 5.53. The summed E-state index contributed by atoms with van der Waals surface area (Å²) < 4.78 is 5.66. The summed E-state index contributed by atoms with van der Waals surface area (Å²) in [4.78, 5) is 19.7. The first-order valence-electron chi connectivity index (χ1n) is 8.62. The summed E-state index contributed by atoms with van der Waals surface area (Å²) in [6, 6.07) is 7.93. The van der Waals surface area contributed by atoms with Gasteiger partial charge in [-0.25, -0.2) is 4.99 Å². The monoisotopic (exact) mass is 344 g/mol. The van der Waals surface area contributed by atoms with Crippen LogP contribution in [-0.4, -0.2) is 34.4 Å². The first-order valence-corrected chi connectivity index (χ1v) is 9.60. The molecule has 128 valence electrons. The van der Waals surface area contributed by atoms with Crippen LogP contribution in [0.15, 0.2) is 41.4 Å². The molecule has 1 amide bonds. The molecule has 0 N–H and O–H groups in total. The van der Waals surface area contributed by atoms with Crippen LogP contribution in [0.25, 0.3) is 0 Å². The Morgan fingerprint density at radius 3 is 2.96 bits per heavy atom. The Labute approximate surface area is 148 Å². The quantitative estimate of drug-likeness (QED) is 0.761. The molecular weight excluding hydrogens is 320 g/mol. The van der Waals surface area contributed by atoms with Crippen molar-refractivity contribution in [2.24, 2.45) is 10.9 Å². The lowest BCUT2D eigenvalue weighted by Gasteiger charge is -2.27. The predicted molar refractivity (Wildman–Crippen MR) is 100.0 cm³/mol. The van der Waals surface area contributed by atoms with Gasteiger partial charge in [-0.2, -0.15) is 0 Å². The number of amides is 1. The second kappa shape index (κ2) is 7.88. The van der Waals surface area contributed by atoms with Gasteiger partial charge in [0.2, 0.25) is 5.91 Å². The Morgan fingerprint density at radius 1 is 1.38 bits per heavy atom. The lowest BCUT2D eigenvalue weighted by molar-refractivity contribution is -0.132. The summed E-state index contributed by atoms with van der Waals surface area (Å²) in [6.45, 7) is 4.66. The van der Waals surface area contributed by atoms with E-state index in [0.717, 1.165) is 41.6 Å². The maximum Gasteiger partial charge on any atom is 0.232 e. The lowest BCUT2D eigenvalue weighted by atomic mass is 9.93. The van der Waals surface area contributed by atoms with Gasteiger partial charge in [0.25, 0.3) is 0 Å². The van der Waals surface area contributed by atoms with Gasteiger partial charge in [-0.1, -0.05) is 36.0 Å². The maximum atomic E-state index is 13.0. The van der Waals surface area contributed by atoms with Gasteiger partial charge in [-0.3, -0.25) is 9.69 Å². The molecule has 1 aliphatic heterocycles. The highest BCUT2D eigenvalue weighted by atomic mass is 32.2. The summed E-state index contributed by atoms with van der Waals surface area (Å²) in [6.07, 6.45) is 7.06. The standard InChI is InChI=1S/C19H24N2O2S/c1-3-23-17-12-8-7-11-16(17)20-19-21(14(2)13-24-19)18(22)15-9-5-4-6-10-15/h4-5,7-8,11-12,14-15H,3,6,9-10,13H2,1-2H3. The number of ether oxygens (including phenoxy) is 1. The Kier molecular flexibility index (Phi) is 5.61. The van der Waals surface area contributed by atoms with Crippen LogP contribution >= 0.6 is 11.8 Å². The van der Waals surface area contributed by atoms with E-state index in [1.54, 1.807) is 11.8 Å². The average molecular weight is 344 g/mol. The third-order valence-electron chi connectivity index (χ3n) is 4.34. The highest BCUT2D eigenvalue weighted by Crippen LogP contribution is 2.34. The molecule has 0 radical (unpaired) electrons. The fourth-order valence-electron chi connectivity index (χ4n) is 3.07. The summed E-state index contributed by atoms with van der Waals surface area (Å²) in [5.41, 5.74) is 0.789. The molecule has 1 aromatic carbocycles. The molecule has 3 rings (SSSR count). The van der Waals surface area contributed by atoms with Crippen LogP contribution in [0.3, 0.4) is 0 Å². The van der Waals surface area contributed by atoms with Crippen LogP contribution in [0.4, 0.5) is 5.69 Å². The van der Waals surface area contributed by atoms with E-state index >= 15 is 0 Å². The first-order chi connectivity index (χ1) is 11.7. The van der Waals surface area contributed by atoms with E-state index in [9.17, 15) is 4.79 Å². The zero-order valence-corrected chi connectivity index (χ0v) is 15.1. The summed E-state index contributed by atoms with van der Waals surface area (Å²) in [5, 5.41) is 0.800. The van der Waals surface area contributed by atoms with Crippen molar-refractivity contribution in [1.29, 1.82) is 0 Å². The number of allylic oxidation sites excluding steroid dienone is 2. The SMILES string of the molecule is CCOc1ccccc1N=C1SCC(C)N1C(=O)C1CC=CCC1. The van der Waals surface area contributed by atoms with E-state index in [2.05, 4.69) is 19.1 Å². The fraction of sp³-hybridized carbons (Fsp3) is 0.474. The molecule has 2 unspecified atom stereocenters. The van der Waals surface area contributed by atoms with Gasteiger partial charge in [-0.15, -0.1) is 0 Å².